The fraction of sp³-hybridized carbons (Fsp3) is 0.0833. The van der Waals surface area contributed by atoms with E-state index in [1.54, 1.807) is 12.1 Å². The second-order valence-corrected chi connectivity index (χ2v) is 4.63. The van der Waals surface area contributed by atoms with Gasteiger partial charge in [-0.25, -0.2) is 4.79 Å². The highest BCUT2D eigenvalue weighted by Gasteiger charge is 2.11. The summed E-state index contributed by atoms with van der Waals surface area (Å²) in [5, 5.41) is 10.0. The molecule has 0 unspecified atom stereocenters. The summed E-state index contributed by atoms with van der Waals surface area (Å²) in [5.41, 5.74) is 1.05. The van der Waals surface area contributed by atoms with Crippen molar-refractivity contribution in [1.82, 2.24) is 4.57 Å². The minimum Gasteiger partial charge on any atom is -0.478 e. The Morgan fingerprint density at radius 1 is 1.44 bits per heavy atom. The number of aromatic carboxylic acids is 1. The molecule has 82 valence electrons. The zero-order valence-corrected chi connectivity index (χ0v) is 10.1. The lowest BCUT2D eigenvalue weighted by Crippen LogP contribution is -2.03. The third kappa shape index (κ3) is 1.88. The smallest absolute Gasteiger partial charge is 0.337 e. The summed E-state index contributed by atoms with van der Waals surface area (Å²) in [6, 6.07) is 7.16. The van der Waals surface area contributed by atoms with E-state index < -0.39 is 5.97 Å². The lowest BCUT2D eigenvalue weighted by molar-refractivity contribution is 0.0698. The van der Waals surface area contributed by atoms with Crippen molar-refractivity contribution in [2.45, 2.75) is 6.54 Å². The van der Waals surface area contributed by atoms with Crippen LogP contribution < -0.4 is 0 Å². The molecule has 16 heavy (non-hydrogen) atoms. The molecule has 0 saturated carbocycles. The Bertz CT molecular complexity index is 571. The lowest BCUT2D eigenvalue weighted by Gasteiger charge is -2.06. The number of hydrogen-bond donors (Lipinski definition) is 1. The van der Waals surface area contributed by atoms with Crippen molar-refractivity contribution in [3.8, 4) is 0 Å². The summed E-state index contributed by atoms with van der Waals surface area (Å²) in [5.74, 6) is -0.911. The predicted molar refractivity (Wildman–Crippen MR) is 67.0 cm³/mol. The molecule has 0 fully saturated rings. The van der Waals surface area contributed by atoms with Crippen LogP contribution in [-0.2, 0) is 6.54 Å². The molecule has 1 aromatic heterocycles. The van der Waals surface area contributed by atoms with E-state index in [0.717, 1.165) is 15.4 Å². The van der Waals surface area contributed by atoms with Gasteiger partial charge in [0.15, 0.2) is 0 Å². The number of allylic oxidation sites excluding steroid dienone is 1. The summed E-state index contributed by atoms with van der Waals surface area (Å²) in [6.45, 7) is 4.32. The van der Waals surface area contributed by atoms with Crippen LogP contribution in [0.5, 0.6) is 0 Å². The Kier molecular flexibility index (Phi) is 2.83. The van der Waals surface area contributed by atoms with Crippen LogP contribution >= 0.6 is 15.9 Å². The van der Waals surface area contributed by atoms with Gasteiger partial charge in [-0.05, 0) is 12.1 Å². The standard InChI is InChI=1S/C12H10BrNO2/c1-8(13)7-14-6-5-9-3-2-4-10(11(9)14)12(15)16/h2-6H,1,7H2,(H,15,16). The Balaban J connectivity index is 2.67. The number of para-hydroxylation sites is 1. The molecule has 0 spiro atoms. The molecule has 0 saturated heterocycles. The van der Waals surface area contributed by atoms with Crippen LogP contribution in [0.2, 0.25) is 0 Å². The molecule has 2 aromatic rings. The molecule has 0 aliphatic carbocycles. The van der Waals surface area contributed by atoms with Crippen molar-refractivity contribution in [3.63, 3.8) is 0 Å². The molecule has 1 heterocycles. The number of benzene rings is 1. The first-order valence-electron chi connectivity index (χ1n) is 4.74. The minimum absolute atomic E-state index is 0.316. The van der Waals surface area contributed by atoms with Crippen molar-refractivity contribution >= 4 is 32.8 Å². The fourth-order valence-electron chi connectivity index (χ4n) is 1.75. The monoisotopic (exact) mass is 279 g/mol. The van der Waals surface area contributed by atoms with Crippen molar-refractivity contribution in [3.05, 3.63) is 47.1 Å². The van der Waals surface area contributed by atoms with Gasteiger partial charge in [0, 0.05) is 16.1 Å². The Hall–Kier alpha value is -1.55. The fourth-order valence-corrected chi connectivity index (χ4v) is 2.02. The van der Waals surface area contributed by atoms with Crippen LogP contribution in [-0.4, -0.2) is 15.6 Å². The summed E-state index contributed by atoms with van der Waals surface area (Å²) in [4.78, 5) is 11.1. The highest BCUT2D eigenvalue weighted by Crippen LogP contribution is 2.22. The Morgan fingerprint density at radius 3 is 2.81 bits per heavy atom. The van der Waals surface area contributed by atoms with Crippen LogP contribution in [0.1, 0.15) is 10.4 Å². The van der Waals surface area contributed by atoms with E-state index in [2.05, 4.69) is 22.5 Å². The molecule has 0 atom stereocenters. The second kappa shape index (κ2) is 4.14. The van der Waals surface area contributed by atoms with Gasteiger partial charge in [0.25, 0.3) is 0 Å². The summed E-state index contributed by atoms with van der Waals surface area (Å²) in [7, 11) is 0. The summed E-state index contributed by atoms with van der Waals surface area (Å²) in [6.07, 6.45) is 1.86. The van der Waals surface area contributed by atoms with Crippen molar-refractivity contribution in [2.75, 3.05) is 0 Å². The Morgan fingerprint density at radius 2 is 2.19 bits per heavy atom. The average molecular weight is 280 g/mol. The number of carbonyl (C=O) groups is 1. The van der Waals surface area contributed by atoms with E-state index in [0.29, 0.717) is 12.1 Å². The average Bonchev–Trinajstić information content (AvgIpc) is 2.60. The molecule has 0 aliphatic heterocycles. The van der Waals surface area contributed by atoms with Crippen molar-refractivity contribution < 1.29 is 9.90 Å². The van der Waals surface area contributed by atoms with Gasteiger partial charge in [0.05, 0.1) is 17.6 Å². The van der Waals surface area contributed by atoms with Gasteiger partial charge >= 0.3 is 5.97 Å². The van der Waals surface area contributed by atoms with Crippen molar-refractivity contribution in [2.24, 2.45) is 0 Å². The molecule has 0 radical (unpaired) electrons. The van der Waals surface area contributed by atoms with Gasteiger partial charge in [-0.2, -0.15) is 0 Å². The van der Waals surface area contributed by atoms with E-state index in [9.17, 15) is 4.79 Å². The SMILES string of the molecule is C=C(Br)Cn1ccc2cccc(C(=O)O)c21. The first-order chi connectivity index (χ1) is 7.59. The number of nitrogens with zero attached hydrogens (tertiary/aromatic N) is 1. The topological polar surface area (TPSA) is 42.2 Å². The zero-order chi connectivity index (χ0) is 11.7. The van der Waals surface area contributed by atoms with Gasteiger partial charge in [-0.3, -0.25) is 0 Å². The molecule has 0 bridgehead atoms. The van der Waals surface area contributed by atoms with Crippen LogP contribution in [0.25, 0.3) is 10.9 Å². The number of rotatable bonds is 3. The summed E-state index contributed by atoms with van der Waals surface area (Å²) < 4.78 is 2.68. The second-order valence-electron chi connectivity index (χ2n) is 3.51. The largest absolute Gasteiger partial charge is 0.478 e. The van der Waals surface area contributed by atoms with E-state index in [1.165, 1.54) is 0 Å². The molecule has 1 N–H and O–H groups in total. The van der Waals surface area contributed by atoms with E-state index in [-0.39, 0.29) is 0 Å². The number of fused-ring (bicyclic) bond motifs is 1. The number of carboxylic acids is 1. The maximum absolute atomic E-state index is 11.1. The molecule has 4 heteroatoms. The normalized spacial score (nSPS) is 10.6. The van der Waals surface area contributed by atoms with Gasteiger partial charge in [-0.1, -0.05) is 34.6 Å². The quantitative estimate of drug-likeness (QED) is 0.937. The van der Waals surface area contributed by atoms with Gasteiger partial charge < -0.3 is 9.67 Å². The molecule has 0 aliphatic rings. The van der Waals surface area contributed by atoms with E-state index in [4.69, 9.17) is 5.11 Å². The number of halogens is 1. The van der Waals surface area contributed by atoms with Crippen LogP contribution in [0.15, 0.2) is 41.5 Å². The molecular weight excluding hydrogens is 270 g/mol. The van der Waals surface area contributed by atoms with Gasteiger partial charge in [-0.15, -0.1) is 0 Å². The molecular formula is C12H10BrNO2. The van der Waals surface area contributed by atoms with E-state index in [1.807, 2.05) is 22.9 Å². The Labute approximate surface area is 101 Å². The molecule has 0 amide bonds. The minimum atomic E-state index is -0.911. The van der Waals surface area contributed by atoms with Crippen LogP contribution in [0.3, 0.4) is 0 Å². The maximum Gasteiger partial charge on any atom is 0.337 e. The molecule has 1 aromatic carbocycles. The molecule has 3 nitrogen and oxygen atoms in total. The van der Waals surface area contributed by atoms with E-state index >= 15 is 0 Å². The van der Waals surface area contributed by atoms with Gasteiger partial charge in [0.2, 0.25) is 0 Å². The summed E-state index contributed by atoms with van der Waals surface area (Å²) >= 11 is 3.28. The number of carboxylic acid groups (broad SMARTS) is 1. The third-order valence-electron chi connectivity index (χ3n) is 2.36. The number of hydrogen-bond acceptors (Lipinski definition) is 1. The maximum atomic E-state index is 11.1. The zero-order valence-electron chi connectivity index (χ0n) is 8.48. The first-order valence-corrected chi connectivity index (χ1v) is 5.53. The van der Waals surface area contributed by atoms with Crippen LogP contribution in [0, 0.1) is 0 Å². The predicted octanol–water partition coefficient (Wildman–Crippen LogP) is 3.25. The molecule has 2 rings (SSSR count). The van der Waals surface area contributed by atoms with Crippen LogP contribution in [0.4, 0.5) is 0 Å². The third-order valence-corrected chi connectivity index (χ3v) is 2.61. The highest BCUT2D eigenvalue weighted by molar-refractivity contribution is 9.11. The van der Waals surface area contributed by atoms with Crippen molar-refractivity contribution in [1.29, 1.82) is 0 Å². The number of aromatic nitrogens is 1. The highest BCUT2D eigenvalue weighted by atomic mass is 79.9. The van der Waals surface area contributed by atoms with Gasteiger partial charge in [0.1, 0.15) is 0 Å². The lowest BCUT2D eigenvalue weighted by atomic mass is 10.1. The first kappa shape index (κ1) is 11.0.